The van der Waals surface area contributed by atoms with Crippen molar-refractivity contribution in [3.63, 3.8) is 0 Å². The SMILES string of the molecule is Cn1cncc1C(O)C(=O)N1CCCC1C(=O)Nc1ccc(-c2cnc(-c3ccc(NC(=O)C4CCCN4C(=O)C(O)c4cncn4C)cc3)o2)cc1. The summed E-state index contributed by atoms with van der Waals surface area (Å²) in [6, 6.07) is 12.6. The number of likely N-dealkylation sites (tertiary alicyclic amines) is 2. The van der Waals surface area contributed by atoms with Crippen molar-refractivity contribution in [2.75, 3.05) is 23.7 Å². The second-order valence-electron chi connectivity index (χ2n) is 13.2. The molecule has 4 N–H and O–H groups in total. The summed E-state index contributed by atoms with van der Waals surface area (Å²) in [5, 5.41) is 27.0. The normalized spacial score (nSPS) is 18.2. The largest absolute Gasteiger partial charge is 0.436 e. The average molecular weight is 722 g/mol. The number of aryl methyl sites for hydroxylation is 2. The van der Waals surface area contributed by atoms with E-state index in [1.54, 1.807) is 78.0 Å². The number of carbonyl (C=O) groups excluding carboxylic acids is 4. The molecule has 4 atom stereocenters. The Bertz CT molecular complexity index is 1970. The fourth-order valence-corrected chi connectivity index (χ4v) is 6.84. The number of aromatic nitrogens is 5. The molecule has 16 nitrogen and oxygen atoms in total. The van der Waals surface area contributed by atoms with Crippen LogP contribution in [0.1, 0.15) is 49.3 Å². The number of anilines is 2. The van der Waals surface area contributed by atoms with Gasteiger partial charge in [-0.25, -0.2) is 15.0 Å². The van der Waals surface area contributed by atoms with Crippen molar-refractivity contribution in [2.24, 2.45) is 14.1 Å². The van der Waals surface area contributed by atoms with Gasteiger partial charge in [-0.2, -0.15) is 0 Å². The standard InChI is InChI=1S/C37H39N9O7/c1-43-20-38-17-28(43)31(47)36(51)45-15-3-5-26(45)33(49)41-24-11-7-22(8-12-24)30-19-40-35(53-30)23-9-13-25(14-10-23)42-34(50)27-6-4-16-46(27)37(52)32(48)29-18-39-21-44(29)2/h7-14,17-21,26-27,31-32,47-48H,3-6,15-16H2,1-2H3,(H,41,49)(H,42,50). The van der Waals surface area contributed by atoms with Crippen molar-refractivity contribution >= 4 is 35.0 Å². The number of hydrogen-bond donors (Lipinski definition) is 4. The Kier molecular flexibility index (Phi) is 9.88. The van der Waals surface area contributed by atoms with Crippen LogP contribution in [0.5, 0.6) is 0 Å². The molecule has 274 valence electrons. The third-order valence-electron chi connectivity index (χ3n) is 9.76. The maximum Gasteiger partial charge on any atom is 0.258 e. The molecule has 7 rings (SSSR count). The highest BCUT2D eigenvalue weighted by Crippen LogP contribution is 2.30. The Morgan fingerprint density at radius 1 is 0.698 bits per heavy atom. The zero-order valence-corrected chi connectivity index (χ0v) is 29.1. The minimum absolute atomic E-state index is 0.337. The molecular formula is C37H39N9O7. The van der Waals surface area contributed by atoms with Gasteiger partial charge in [0.25, 0.3) is 11.8 Å². The first-order chi connectivity index (χ1) is 25.6. The summed E-state index contributed by atoms with van der Waals surface area (Å²) in [6.45, 7) is 0.743. The van der Waals surface area contributed by atoms with Crippen molar-refractivity contribution in [1.82, 2.24) is 33.9 Å². The number of rotatable bonds is 10. The molecule has 2 fully saturated rings. The van der Waals surface area contributed by atoms with Gasteiger partial charge >= 0.3 is 0 Å². The van der Waals surface area contributed by atoms with E-state index in [1.165, 1.54) is 34.8 Å². The molecule has 2 aromatic carbocycles. The summed E-state index contributed by atoms with van der Waals surface area (Å²) in [6.07, 6.45) is 6.90. The van der Waals surface area contributed by atoms with Crippen LogP contribution < -0.4 is 10.6 Å². The van der Waals surface area contributed by atoms with E-state index in [1.807, 2.05) is 0 Å². The topological polar surface area (TPSA) is 201 Å². The first-order valence-electron chi connectivity index (χ1n) is 17.3. The van der Waals surface area contributed by atoms with Gasteiger partial charge in [0.15, 0.2) is 18.0 Å². The van der Waals surface area contributed by atoms with E-state index >= 15 is 0 Å². The van der Waals surface area contributed by atoms with Gasteiger partial charge in [-0.3, -0.25) is 19.2 Å². The van der Waals surface area contributed by atoms with Crippen molar-refractivity contribution in [3.8, 4) is 22.8 Å². The van der Waals surface area contributed by atoms with E-state index in [9.17, 15) is 29.4 Å². The highest BCUT2D eigenvalue weighted by atomic mass is 16.4. The van der Waals surface area contributed by atoms with E-state index in [-0.39, 0.29) is 11.8 Å². The number of hydrogen-bond acceptors (Lipinski definition) is 10. The first-order valence-corrected chi connectivity index (χ1v) is 17.3. The van der Waals surface area contributed by atoms with Crippen molar-refractivity contribution in [3.05, 3.63) is 91.2 Å². The first kappa shape index (κ1) is 35.3. The Labute approximate surface area is 304 Å². The van der Waals surface area contributed by atoms with Crippen LogP contribution in [0.4, 0.5) is 11.4 Å². The molecule has 16 heteroatoms. The lowest BCUT2D eigenvalue weighted by Gasteiger charge is -2.26. The predicted octanol–water partition coefficient (Wildman–Crippen LogP) is 2.80. The highest BCUT2D eigenvalue weighted by molar-refractivity contribution is 5.99. The van der Waals surface area contributed by atoms with Gasteiger partial charge in [0.2, 0.25) is 17.7 Å². The van der Waals surface area contributed by atoms with Crippen molar-refractivity contribution in [2.45, 2.75) is 50.0 Å². The molecular weight excluding hydrogens is 682 g/mol. The summed E-state index contributed by atoms with van der Waals surface area (Å²) in [5.41, 5.74) is 3.19. The molecule has 2 aliphatic heterocycles. The van der Waals surface area contributed by atoms with Crippen LogP contribution in [0.25, 0.3) is 22.8 Å². The van der Waals surface area contributed by atoms with Gasteiger partial charge in [0, 0.05) is 49.7 Å². The monoisotopic (exact) mass is 721 g/mol. The van der Waals surface area contributed by atoms with Crippen LogP contribution in [0.2, 0.25) is 0 Å². The Morgan fingerprint density at radius 2 is 1.15 bits per heavy atom. The number of nitrogens with one attached hydrogen (secondary N) is 2. The van der Waals surface area contributed by atoms with Crippen LogP contribution in [-0.2, 0) is 33.3 Å². The number of nitrogens with zero attached hydrogens (tertiary/aromatic N) is 7. The summed E-state index contributed by atoms with van der Waals surface area (Å²) < 4.78 is 9.17. The van der Waals surface area contributed by atoms with E-state index in [0.29, 0.717) is 78.7 Å². The van der Waals surface area contributed by atoms with Gasteiger partial charge in [-0.05, 0) is 74.2 Å². The summed E-state index contributed by atoms with van der Waals surface area (Å²) in [7, 11) is 3.38. The average Bonchev–Trinajstić information content (AvgIpc) is 4.02. The van der Waals surface area contributed by atoms with Crippen LogP contribution in [-0.4, -0.2) is 92.9 Å². The van der Waals surface area contributed by atoms with Gasteiger partial charge in [-0.15, -0.1) is 0 Å². The van der Waals surface area contributed by atoms with Crippen LogP contribution in [0.3, 0.4) is 0 Å². The highest BCUT2D eigenvalue weighted by Gasteiger charge is 2.39. The molecule has 2 aliphatic rings. The lowest BCUT2D eigenvalue weighted by atomic mass is 10.1. The summed E-state index contributed by atoms with van der Waals surface area (Å²) in [5.74, 6) is -0.880. The predicted molar refractivity (Wildman–Crippen MR) is 190 cm³/mol. The molecule has 5 heterocycles. The zero-order chi connectivity index (χ0) is 37.2. The van der Waals surface area contributed by atoms with Crippen LogP contribution in [0, 0.1) is 0 Å². The molecule has 0 bridgehead atoms. The summed E-state index contributed by atoms with van der Waals surface area (Å²) in [4.78, 5) is 67.7. The zero-order valence-electron chi connectivity index (χ0n) is 29.1. The van der Waals surface area contributed by atoms with E-state index in [0.717, 1.165) is 5.56 Å². The number of amides is 4. The van der Waals surface area contributed by atoms with Crippen LogP contribution >= 0.6 is 0 Å². The molecule has 4 unspecified atom stereocenters. The lowest BCUT2D eigenvalue weighted by molar-refractivity contribution is -0.144. The van der Waals surface area contributed by atoms with E-state index in [4.69, 9.17) is 4.42 Å². The third-order valence-corrected chi connectivity index (χ3v) is 9.76. The molecule has 5 aromatic rings. The number of imidazole rings is 2. The Hall–Kier alpha value is -6.13. The third kappa shape index (κ3) is 7.18. The Balaban J connectivity index is 0.941. The maximum absolute atomic E-state index is 13.2. The molecule has 0 radical (unpaired) electrons. The lowest BCUT2D eigenvalue weighted by Crippen LogP contribution is -2.45. The molecule has 0 aliphatic carbocycles. The van der Waals surface area contributed by atoms with Gasteiger partial charge in [0.1, 0.15) is 12.1 Å². The molecule has 4 amide bonds. The number of aliphatic hydroxyl groups is 2. The van der Waals surface area contributed by atoms with Gasteiger partial charge in [0.05, 0.1) is 42.6 Å². The number of benzene rings is 2. The number of aliphatic hydroxyl groups excluding tert-OH is 2. The number of oxazole rings is 1. The molecule has 0 saturated carbocycles. The minimum atomic E-state index is -1.41. The Morgan fingerprint density at radius 3 is 1.58 bits per heavy atom. The molecule has 2 saturated heterocycles. The minimum Gasteiger partial charge on any atom is -0.436 e. The van der Waals surface area contributed by atoms with E-state index in [2.05, 4.69) is 25.6 Å². The second kappa shape index (κ2) is 14.8. The molecule has 0 spiro atoms. The second-order valence-corrected chi connectivity index (χ2v) is 13.2. The molecule has 3 aromatic heterocycles. The van der Waals surface area contributed by atoms with Gasteiger partial charge in [-0.1, -0.05) is 0 Å². The maximum atomic E-state index is 13.2. The summed E-state index contributed by atoms with van der Waals surface area (Å²) >= 11 is 0. The fourth-order valence-electron chi connectivity index (χ4n) is 6.84. The quantitative estimate of drug-likeness (QED) is 0.166. The molecule has 53 heavy (non-hydrogen) atoms. The van der Waals surface area contributed by atoms with Crippen molar-refractivity contribution < 1.29 is 33.8 Å². The van der Waals surface area contributed by atoms with E-state index < -0.39 is 36.1 Å². The van der Waals surface area contributed by atoms with Crippen molar-refractivity contribution in [1.29, 1.82) is 0 Å². The van der Waals surface area contributed by atoms with Gasteiger partial charge < -0.3 is 44.2 Å². The fraction of sp³-hybridized carbons (Fsp3) is 0.324. The van der Waals surface area contributed by atoms with Crippen LogP contribution in [0.15, 0.2) is 84.2 Å². The smallest absolute Gasteiger partial charge is 0.258 e. The number of carbonyl (C=O) groups is 4.